The number of nitriles is 1. The van der Waals surface area contributed by atoms with Gasteiger partial charge in [-0.2, -0.15) is 5.26 Å². The van der Waals surface area contributed by atoms with Crippen LogP contribution >= 0.6 is 15.9 Å². The van der Waals surface area contributed by atoms with Crippen LogP contribution in [0.4, 0.5) is 5.69 Å². The number of nitrogens with one attached hydrogen (secondary N) is 3. The number of hydrazine groups is 1. The van der Waals surface area contributed by atoms with E-state index in [1.54, 1.807) is 0 Å². The Kier molecular flexibility index (Phi) is 4.23. The minimum absolute atomic E-state index is 0.210. The Labute approximate surface area is 116 Å². The monoisotopic (exact) mass is 308 g/mol. The maximum atomic E-state index is 9.36. The molecule has 0 amide bonds. The Morgan fingerprint density at radius 2 is 1.78 bits per heavy atom. The molecule has 0 saturated carbocycles. The molecule has 18 heavy (non-hydrogen) atoms. The van der Waals surface area contributed by atoms with Crippen molar-refractivity contribution < 1.29 is 0 Å². The number of benzene rings is 1. The first-order valence-corrected chi connectivity index (χ1v) is 6.84. The van der Waals surface area contributed by atoms with E-state index in [9.17, 15) is 5.26 Å². The maximum absolute atomic E-state index is 9.36. The molecule has 1 aromatic rings. The van der Waals surface area contributed by atoms with Crippen molar-refractivity contribution in [2.24, 2.45) is 5.92 Å². The first kappa shape index (κ1) is 13.3. The molecule has 4 nitrogen and oxygen atoms in total. The summed E-state index contributed by atoms with van der Waals surface area (Å²) in [5.74, 6) is 0.235. The Hall–Kier alpha value is -1.09. The fourth-order valence-corrected chi connectivity index (χ4v) is 2.67. The molecule has 3 atom stereocenters. The predicted molar refractivity (Wildman–Crippen MR) is 75.9 cm³/mol. The maximum Gasteiger partial charge on any atom is 0.120 e. The number of hydrogen-bond donors (Lipinski definition) is 3. The van der Waals surface area contributed by atoms with E-state index in [2.05, 4.69) is 52.0 Å². The van der Waals surface area contributed by atoms with Gasteiger partial charge in [-0.15, -0.1) is 0 Å². The van der Waals surface area contributed by atoms with E-state index in [0.717, 1.165) is 10.2 Å². The van der Waals surface area contributed by atoms with E-state index in [-0.39, 0.29) is 24.0 Å². The average molecular weight is 309 g/mol. The minimum Gasteiger partial charge on any atom is -0.370 e. The molecule has 1 saturated heterocycles. The molecule has 1 aliphatic rings. The van der Waals surface area contributed by atoms with Crippen molar-refractivity contribution in [2.75, 3.05) is 5.32 Å². The molecule has 3 unspecified atom stereocenters. The molecule has 0 radical (unpaired) electrons. The summed E-state index contributed by atoms with van der Waals surface area (Å²) in [6, 6.07) is 10.6. The highest BCUT2D eigenvalue weighted by atomic mass is 79.9. The summed E-state index contributed by atoms with van der Waals surface area (Å²) < 4.78 is 1.03. The van der Waals surface area contributed by atoms with Crippen molar-refractivity contribution >= 4 is 21.6 Å². The Balaban J connectivity index is 2.10. The first-order chi connectivity index (χ1) is 8.61. The first-order valence-electron chi connectivity index (χ1n) is 6.04. The Bertz CT molecular complexity index is 429. The van der Waals surface area contributed by atoms with Gasteiger partial charge in [-0.1, -0.05) is 15.9 Å². The second kappa shape index (κ2) is 5.70. The van der Waals surface area contributed by atoms with E-state index < -0.39 is 0 Å². The van der Waals surface area contributed by atoms with Crippen molar-refractivity contribution in [3.63, 3.8) is 0 Å². The van der Waals surface area contributed by atoms with E-state index >= 15 is 0 Å². The van der Waals surface area contributed by atoms with Crippen molar-refractivity contribution in [1.29, 1.82) is 5.26 Å². The van der Waals surface area contributed by atoms with Crippen molar-refractivity contribution in [2.45, 2.75) is 32.0 Å². The molecular formula is C13H17BrN4. The largest absolute Gasteiger partial charge is 0.370 e. The van der Waals surface area contributed by atoms with Crippen LogP contribution < -0.4 is 16.2 Å². The highest BCUT2D eigenvalue weighted by Gasteiger charge is 2.36. The second-order valence-corrected chi connectivity index (χ2v) is 5.62. The van der Waals surface area contributed by atoms with Crippen LogP contribution in [0.15, 0.2) is 28.7 Å². The summed E-state index contributed by atoms with van der Waals surface area (Å²) in [7, 11) is 0. The van der Waals surface area contributed by atoms with Gasteiger partial charge in [-0.25, -0.2) is 0 Å². The van der Waals surface area contributed by atoms with Gasteiger partial charge in [0.25, 0.3) is 0 Å². The average Bonchev–Trinajstić information content (AvgIpc) is 2.69. The molecule has 5 heteroatoms. The van der Waals surface area contributed by atoms with Gasteiger partial charge in [-0.05, 0) is 38.1 Å². The molecule has 1 aromatic carbocycles. The highest BCUT2D eigenvalue weighted by Crippen LogP contribution is 2.22. The van der Waals surface area contributed by atoms with Gasteiger partial charge in [0, 0.05) is 28.2 Å². The Morgan fingerprint density at radius 1 is 1.22 bits per heavy atom. The standard InChI is InChI=1S/C13H17BrN4/c1-8-13(9(2)18-17-8)12(7-15)16-11-5-3-10(14)4-6-11/h3-6,8-9,12-13,16-18H,1-2H3. The molecule has 0 aromatic heterocycles. The number of rotatable bonds is 3. The van der Waals surface area contributed by atoms with Gasteiger partial charge < -0.3 is 5.32 Å². The molecule has 0 aliphatic carbocycles. The molecule has 1 aliphatic heterocycles. The van der Waals surface area contributed by atoms with Crippen LogP contribution in [0.2, 0.25) is 0 Å². The van der Waals surface area contributed by atoms with Gasteiger partial charge in [0.15, 0.2) is 0 Å². The second-order valence-electron chi connectivity index (χ2n) is 4.70. The number of hydrogen-bond acceptors (Lipinski definition) is 4. The highest BCUT2D eigenvalue weighted by molar-refractivity contribution is 9.10. The van der Waals surface area contributed by atoms with Crippen LogP contribution in [-0.2, 0) is 0 Å². The van der Waals surface area contributed by atoms with E-state index in [1.807, 2.05) is 24.3 Å². The molecule has 0 spiro atoms. The lowest BCUT2D eigenvalue weighted by molar-refractivity contribution is 0.424. The summed E-state index contributed by atoms with van der Waals surface area (Å²) >= 11 is 3.40. The van der Waals surface area contributed by atoms with Crippen LogP contribution in [-0.4, -0.2) is 18.1 Å². The minimum atomic E-state index is -0.210. The summed E-state index contributed by atoms with van der Waals surface area (Å²) in [5.41, 5.74) is 7.33. The van der Waals surface area contributed by atoms with Crippen LogP contribution in [0.1, 0.15) is 13.8 Å². The zero-order valence-electron chi connectivity index (χ0n) is 10.4. The lowest BCUT2D eigenvalue weighted by Gasteiger charge is -2.24. The summed E-state index contributed by atoms with van der Waals surface area (Å²) in [6.07, 6.45) is 0. The smallest absolute Gasteiger partial charge is 0.120 e. The summed E-state index contributed by atoms with van der Waals surface area (Å²) in [5, 5.41) is 12.7. The molecule has 1 heterocycles. The third kappa shape index (κ3) is 2.83. The van der Waals surface area contributed by atoms with Crippen LogP contribution in [0, 0.1) is 17.2 Å². The molecular weight excluding hydrogens is 292 g/mol. The SMILES string of the molecule is CC1NNC(C)C1C(C#N)Nc1ccc(Br)cc1. The van der Waals surface area contributed by atoms with Crippen molar-refractivity contribution in [3.8, 4) is 6.07 Å². The Morgan fingerprint density at radius 3 is 2.28 bits per heavy atom. The number of halogens is 1. The molecule has 1 fully saturated rings. The fraction of sp³-hybridized carbons (Fsp3) is 0.462. The van der Waals surface area contributed by atoms with Crippen molar-refractivity contribution in [3.05, 3.63) is 28.7 Å². The third-order valence-electron chi connectivity index (χ3n) is 3.38. The zero-order valence-corrected chi connectivity index (χ0v) is 12.0. The van der Waals surface area contributed by atoms with E-state index in [1.165, 1.54) is 0 Å². The fourth-order valence-electron chi connectivity index (χ4n) is 2.41. The van der Waals surface area contributed by atoms with Gasteiger partial charge in [0.05, 0.1) is 6.07 Å². The van der Waals surface area contributed by atoms with Gasteiger partial charge in [0.2, 0.25) is 0 Å². The lowest BCUT2D eigenvalue weighted by Crippen LogP contribution is -2.38. The molecule has 96 valence electrons. The third-order valence-corrected chi connectivity index (χ3v) is 3.91. The van der Waals surface area contributed by atoms with Crippen LogP contribution in [0.25, 0.3) is 0 Å². The van der Waals surface area contributed by atoms with Crippen LogP contribution in [0.3, 0.4) is 0 Å². The van der Waals surface area contributed by atoms with Crippen LogP contribution in [0.5, 0.6) is 0 Å². The summed E-state index contributed by atoms with van der Waals surface area (Å²) in [6.45, 7) is 4.18. The summed E-state index contributed by atoms with van der Waals surface area (Å²) in [4.78, 5) is 0. The van der Waals surface area contributed by atoms with Gasteiger partial charge in [-0.3, -0.25) is 10.9 Å². The number of nitrogens with zero attached hydrogens (tertiary/aromatic N) is 1. The molecule has 0 bridgehead atoms. The van der Waals surface area contributed by atoms with E-state index in [4.69, 9.17) is 0 Å². The van der Waals surface area contributed by atoms with Gasteiger partial charge >= 0.3 is 0 Å². The molecule has 2 rings (SSSR count). The number of anilines is 1. The normalized spacial score (nSPS) is 28.7. The quantitative estimate of drug-likeness (QED) is 0.801. The van der Waals surface area contributed by atoms with E-state index in [0.29, 0.717) is 0 Å². The predicted octanol–water partition coefficient (Wildman–Crippen LogP) is 2.25. The van der Waals surface area contributed by atoms with Crippen molar-refractivity contribution in [1.82, 2.24) is 10.9 Å². The van der Waals surface area contributed by atoms with Gasteiger partial charge in [0.1, 0.15) is 6.04 Å². The lowest BCUT2D eigenvalue weighted by atomic mass is 9.89. The topological polar surface area (TPSA) is 59.9 Å². The zero-order chi connectivity index (χ0) is 13.1. The molecule has 3 N–H and O–H groups in total.